The molecule has 4 nitrogen and oxygen atoms in total. The van der Waals surface area contributed by atoms with Crippen LogP contribution in [0.3, 0.4) is 0 Å². The Bertz CT molecular complexity index is 587. The zero-order chi connectivity index (χ0) is 11.3. The number of aromatic carboxylic acids is 1. The zero-order valence-corrected chi connectivity index (χ0v) is 9.94. The third-order valence-corrected chi connectivity index (χ3v) is 3.24. The molecule has 0 aromatic carbocycles. The lowest BCUT2D eigenvalue weighted by molar-refractivity contribution is 0.0693. The van der Waals surface area contributed by atoms with Gasteiger partial charge in [0, 0.05) is 16.6 Å². The number of aromatic nitrogens is 2. The van der Waals surface area contributed by atoms with Crippen molar-refractivity contribution in [2.45, 2.75) is 18.8 Å². The van der Waals surface area contributed by atoms with Crippen LogP contribution in [0.25, 0.3) is 5.52 Å². The summed E-state index contributed by atoms with van der Waals surface area (Å²) in [5, 5.41) is 9.08. The SMILES string of the molecule is O=C(O)c1nc(C2CC2)n2cc(Br)ccc12. The molecule has 0 unspecified atom stereocenters. The van der Waals surface area contributed by atoms with E-state index in [4.69, 9.17) is 5.11 Å². The first-order chi connectivity index (χ1) is 7.66. The van der Waals surface area contributed by atoms with Crippen molar-refractivity contribution in [1.29, 1.82) is 0 Å². The molecule has 0 spiro atoms. The van der Waals surface area contributed by atoms with Crippen molar-refractivity contribution >= 4 is 27.4 Å². The Labute approximate surface area is 100 Å². The van der Waals surface area contributed by atoms with E-state index in [1.807, 2.05) is 16.7 Å². The van der Waals surface area contributed by atoms with Crippen LogP contribution in [0.1, 0.15) is 35.1 Å². The van der Waals surface area contributed by atoms with Gasteiger partial charge in [0.05, 0.1) is 5.52 Å². The van der Waals surface area contributed by atoms with Gasteiger partial charge in [0.1, 0.15) is 5.82 Å². The van der Waals surface area contributed by atoms with E-state index in [0.717, 1.165) is 23.1 Å². The van der Waals surface area contributed by atoms with Crippen LogP contribution >= 0.6 is 15.9 Å². The van der Waals surface area contributed by atoms with Crippen LogP contribution in [0.15, 0.2) is 22.8 Å². The minimum atomic E-state index is -0.966. The Morgan fingerprint density at radius 1 is 1.50 bits per heavy atom. The maximum atomic E-state index is 11.1. The van der Waals surface area contributed by atoms with Crippen LogP contribution in [-0.4, -0.2) is 20.5 Å². The van der Waals surface area contributed by atoms with Gasteiger partial charge in [-0.3, -0.25) is 0 Å². The number of carboxylic acid groups (broad SMARTS) is 1. The minimum absolute atomic E-state index is 0.148. The highest BCUT2D eigenvalue weighted by Crippen LogP contribution is 2.40. The Kier molecular flexibility index (Phi) is 2.04. The first-order valence-electron chi connectivity index (χ1n) is 5.07. The van der Waals surface area contributed by atoms with Gasteiger partial charge in [-0.2, -0.15) is 0 Å². The number of carboxylic acids is 1. The van der Waals surface area contributed by atoms with E-state index in [9.17, 15) is 4.79 Å². The monoisotopic (exact) mass is 280 g/mol. The highest BCUT2D eigenvalue weighted by molar-refractivity contribution is 9.10. The highest BCUT2D eigenvalue weighted by Gasteiger charge is 2.30. The van der Waals surface area contributed by atoms with Gasteiger partial charge in [-0.25, -0.2) is 9.78 Å². The third kappa shape index (κ3) is 1.43. The summed E-state index contributed by atoms with van der Waals surface area (Å²) in [6.45, 7) is 0. The second kappa shape index (κ2) is 3.31. The average molecular weight is 281 g/mol. The van der Waals surface area contributed by atoms with Crippen LogP contribution in [0.4, 0.5) is 0 Å². The van der Waals surface area contributed by atoms with Crippen molar-refractivity contribution in [2.75, 3.05) is 0 Å². The zero-order valence-electron chi connectivity index (χ0n) is 8.35. The maximum absolute atomic E-state index is 11.1. The van der Waals surface area contributed by atoms with Gasteiger partial charge in [0.25, 0.3) is 0 Å². The molecule has 2 aromatic rings. The molecule has 0 saturated heterocycles. The quantitative estimate of drug-likeness (QED) is 0.920. The first-order valence-corrected chi connectivity index (χ1v) is 5.87. The second-order valence-corrected chi connectivity index (χ2v) is 4.92. The van der Waals surface area contributed by atoms with Crippen molar-refractivity contribution < 1.29 is 9.90 Å². The molecule has 0 atom stereocenters. The smallest absolute Gasteiger partial charge is 0.356 e. The summed E-state index contributed by atoms with van der Waals surface area (Å²) >= 11 is 3.39. The molecule has 82 valence electrons. The number of fused-ring (bicyclic) bond motifs is 1. The molecule has 2 heterocycles. The Hall–Kier alpha value is -1.36. The molecule has 1 saturated carbocycles. The van der Waals surface area contributed by atoms with Crippen LogP contribution in [0, 0.1) is 0 Å². The van der Waals surface area contributed by atoms with E-state index in [-0.39, 0.29) is 5.69 Å². The van der Waals surface area contributed by atoms with E-state index in [1.54, 1.807) is 6.07 Å². The lowest BCUT2D eigenvalue weighted by atomic mass is 10.3. The van der Waals surface area contributed by atoms with Crippen LogP contribution in [-0.2, 0) is 0 Å². The number of pyridine rings is 1. The predicted octanol–water partition coefficient (Wildman–Crippen LogP) is 2.67. The standard InChI is InChI=1S/C11H9BrN2O2/c12-7-3-4-8-9(11(15)16)13-10(6-1-2-6)14(8)5-7/h3-6H,1-2H2,(H,15,16). The van der Waals surface area contributed by atoms with Gasteiger partial charge in [-0.15, -0.1) is 0 Å². The first kappa shape index (κ1) is 9.84. The molecule has 0 aliphatic heterocycles. The van der Waals surface area contributed by atoms with E-state index >= 15 is 0 Å². The van der Waals surface area contributed by atoms with Crippen LogP contribution in [0.2, 0.25) is 0 Å². The van der Waals surface area contributed by atoms with E-state index in [0.29, 0.717) is 11.4 Å². The minimum Gasteiger partial charge on any atom is -0.476 e. The molecule has 1 aliphatic carbocycles. The van der Waals surface area contributed by atoms with Crippen molar-refractivity contribution in [3.05, 3.63) is 34.3 Å². The molecule has 1 fully saturated rings. The lowest BCUT2D eigenvalue weighted by Crippen LogP contribution is -1.97. The molecular formula is C11H9BrN2O2. The predicted molar refractivity (Wildman–Crippen MR) is 61.8 cm³/mol. The van der Waals surface area contributed by atoms with Gasteiger partial charge in [-0.1, -0.05) is 0 Å². The molecule has 2 aromatic heterocycles. The van der Waals surface area contributed by atoms with Gasteiger partial charge < -0.3 is 9.51 Å². The summed E-state index contributed by atoms with van der Waals surface area (Å²) in [5.41, 5.74) is 0.812. The Morgan fingerprint density at radius 2 is 2.25 bits per heavy atom. The molecule has 5 heteroatoms. The molecule has 16 heavy (non-hydrogen) atoms. The summed E-state index contributed by atoms with van der Waals surface area (Å²) in [6.07, 6.45) is 4.08. The highest BCUT2D eigenvalue weighted by atomic mass is 79.9. The van der Waals surface area contributed by atoms with E-state index in [1.165, 1.54) is 0 Å². The number of nitrogens with zero attached hydrogens (tertiary/aromatic N) is 2. The maximum Gasteiger partial charge on any atom is 0.356 e. The van der Waals surface area contributed by atoms with Crippen molar-refractivity contribution in [3.63, 3.8) is 0 Å². The average Bonchev–Trinajstić information content (AvgIpc) is 3.00. The van der Waals surface area contributed by atoms with Crippen molar-refractivity contribution in [3.8, 4) is 0 Å². The number of hydrogen-bond donors (Lipinski definition) is 1. The van der Waals surface area contributed by atoms with Gasteiger partial charge >= 0.3 is 5.97 Å². The third-order valence-electron chi connectivity index (χ3n) is 2.77. The number of carbonyl (C=O) groups is 1. The number of halogens is 1. The lowest BCUT2D eigenvalue weighted by Gasteiger charge is -1.99. The summed E-state index contributed by atoms with van der Waals surface area (Å²) < 4.78 is 2.81. The Balaban J connectivity index is 2.32. The fourth-order valence-electron chi connectivity index (χ4n) is 1.87. The van der Waals surface area contributed by atoms with Gasteiger partial charge in [0.15, 0.2) is 5.69 Å². The number of hydrogen-bond acceptors (Lipinski definition) is 2. The largest absolute Gasteiger partial charge is 0.476 e. The number of imidazole rings is 1. The fraction of sp³-hybridized carbons (Fsp3) is 0.273. The molecule has 0 amide bonds. The molecule has 0 radical (unpaired) electrons. The second-order valence-electron chi connectivity index (χ2n) is 4.00. The molecular weight excluding hydrogens is 272 g/mol. The topological polar surface area (TPSA) is 54.6 Å². The fourth-order valence-corrected chi connectivity index (χ4v) is 2.21. The summed E-state index contributed by atoms with van der Waals surface area (Å²) in [6, 6.07) is 3.62. The van der Waals surface area contributed by atoms with Gasteiger partial charge in [-0.05, 0) is 40.9 Å². The summed E-state index contributed by atoms with van der Waals surface area (Å²) in [4.78, 5) is 15.3. The normalized spacial score (nSPS) is 15.6. The van der Waals surface area contributed by atoms with Crippen LogP contribution < -0.4 is 0 Å². The van der Waals surface area contributed by atoms with Crippen LogP contribution in [0.5, 0.6) is 0 Å². The molecule has 1 aliphatic rings. The van der Waals surface area contributed by atoms with Crippen molar-refractivity contribution in [2.24, 2.45) is 0 Å². The molecule has 0 bridgehead atoms. The number of rotatable bonds is 2. The van der Waals surface area contributed by atoms with Crippen molar-refractivity contribution in [1.82, 2.24) is 9.38 Å². The summed E-state index contributed by atoms with van der Waals surface area (Å²) in [5.74, 6) is 0.329. The van der Waals surface area contributed by atoms with E-state index < -0.39 is 5.97 Å². The van der Waals surface area contributed by atoms with E-state index in [2.05, 4.69) is 20.9 Å². The molecule has 3 rings (SSSR count). The molecule has 1 N–H and O–H groups in total. The summed E-state index contributed by atoms with van der Waals surface area (Å²) in [7, 11) is 0. The van der Waals surface area contributed by atoms with Gasteiger partial charge in [0.2, 0.25) is 0 Å². The Morgan fingerprint density at radius 3 is 2.88 bits per heavy atom.